The quantitative estimate of drug-likeness (QED) is 0.843. The average Bonchev–Trinajstić information content (AvgIpc) is 2.46. The third-order valence-corrected chi connectivity index (χ3v) is 3.17. The van der Waals surface area contributed by atoms with E-state index in [-0.39, 0.29) is 5.91 Å². The standard InChI is InChI=1S/C14H18ClNO3/c15-6-2-4-11-3-1-5-12(9-11)16-14(17)13-10-18-7-8-19-13/h1,3,5,9,13H,2,4,6-8,10H2,(H,16,17). The van der Waals surface area contributed by atoms with Gasteiger partial charge in [0.25, 0.3) is 5.91 Å². The van der Waals surface area contributed by atoms with E-state index in [0.717, 1.165) is 18.5 Å². The molecular weight excluding hydrogens is 266 g/mol. The number of hydrogen-bond acceptors (Lipinski definition) is 3. The van der Waals surface area contributed by atoms with Crippen LogP contribution in [0.3, 0.4) is 0 Å². The van der Waals surface area contributed by atoms with Crippen molar-refractivity contribution < 1.29 is 14.3 Å². The SMILES string of the molecule is O=C(Nc1cccc(CCCCl)c1)C1COCCO1. The Morgan fingerprint density at radius 2 is 2.32 bits per heavy atom. The Morgan fingerprint density at radius 1 is 1.42 bits per heavy atom. The van der Waals surface area contributed by atoms with Gasteiger partial charge in [0, 0.05) is 11.6 Å². The minimum absolute atomic E-state index is 0.158. The lowest BCUT2D eigenvalue weighted by atomic mass is 10.1. The third kappa shape index (κ3) is 4.49. The summed E-state index contributed by atoms with van der Waals surface area (Å²) in [6.07, 6.45) is 1.33. The van der Waals surface area contributed by atoms with E-state index >= 15 is 0 Å². The normalized spacial score (nSPS) is 19.1. The number of ether oxygens (including phenoxy) is 2. The van der Waals surface area contributed by atoms with Crippen LogP contribution in [0.2, 0.25) is 0 Å². The van der Waals surface area contributed by atoms with Gasteiger partial charge in [-0.2, -0.15) is 0 Å². The maximum absolute atomic E-state index is 12.0. The highest BCUT2D eigenvalue weighted by molar-refractivity contribution is 6.17. The molecule has 1 aliphatic heterocycles. The Balaban J connectivity index is 1.92. The number of benzene rings is 1. The molecule has 1 aromatic rings. The molecular formula is C14H18ClNO3. The lowest BCUT2D eigenvalue weighted by molar-refractivity contribution is -0.142. The molecule has 1 N–H and O–H groups in total. The lowest BCUT2D eigenvalue weighted by Crippen LogP contribution is -2.39. The number of amides is 1. The van der Waals surface area contributed by atoms with Crippen LogP contribution < -0.4 is 5.32 Å². The molecule has 0 spiro atoms. The number of nitrogens with one attached hydrogen (secondary N) is 1. The molecule has 0 bridgehead atoms. The average molecular weight is 284 g/mol. The van der Waals surface area contributed by atoms with Crippen LogP contribution in [0.5, 0.6) is 0 Å². The Kier molecular flexibility index (Phi) is 5.63. The fraction of sp³-hybridized carbons (Fsp3) is 0.500. The predicted molar refractivity (Wildman–Crippen MR) is 74.7 cm³/mol. The second-order valence-corrected chi connectivity index (χ2v) is 4.79. The number of anilines is 1. The maximum Gasteiger partial charge on any atom is 0.255 e. The summed E-state index contributed by atoms with van der Waals surface area (Å²) in [6, 6.07) is 7.79. The second-order valence-electron chi connectivity index (χ2n) is 4.42. The number of carbonyl (C=O) groups is 1. The van der Waals surface area contributed by atoms with E-state index in [9.17, 15) is 4.79 Å². The first-order chi connectivity index (χ1) is 9.29. The second kappa shape index (κ2) is 7.48. The summed E-state index contributed by atoms with van der Waals surface area (Å²) in [4.78, 5) is 12.0. The molecule has 104 valence electrons. The van der Waals surface area contributed by atoms with E-state index in [4.69, 9.17) is 21.1 Å². The van der Waals surface area contributed by atoms with Crippen molar-refractivity contribution in [1.29, 1.82) is 0 Å². The molecule has 1 aliphatic rings. The van der Waals surface area contributed by atoms with E-state index in [1.165, 1.54) is 5.56 Å². The molecule has 1 saturated heterocycles. The Bertz CT molecular complexity index is 419. The Hall–Kier alpha value is -1.10. The van der Waals surface area contributed by atoms with E-state index in [0.29, 0.717) is 25.7 Å². The number of hydrogen-bond donors (Lipinski definition) is 1. The van der Waals surface area contributed by atoms with E-state index in [1.807, 2.05) is 24.3 Å². The minimum Gasteiger partial charge on any atom is -0.376 e. The number of rotatable bonds is 5. The van der Waals surface area contributed by atoms with Gasteiger partial charge >= 0.3 is 0 Å². The summed E-state index contributed by atoms with van der Waals surface area (Å²) in [5.41, 5.74) is 1.95. The summed E-state index contributed by atoms with van der Waals surface area (Å²) in [7, 11) is 0. The molecule has 0 saturated carbocycles. The summed E-state index contributed by atoms with van der Waals surface area (Å²) in [5.74, 6) is 0.485. The third-order valence-electron chi connectivity index (χ3n) is 2.90. The fourth-order valence-electron chi connectivity index (χ4n) is 1.94. The Labute approximate surface area is 118 Å². The molecule has 19 heavy (non-hydrogen) atoms. The molecule has 1 fully saturated rings. The molecule has 2 rings (SSSR count). The van der Waals surface area contributed by atoms with Crippen molar-refractivity contribution in [1.82, 2.24) is 0 Å². The van der Waals surface area contributed by atoms with Crippen LogP contribution in [0.25, 0.3) is 0 Å². The van der Waals surface area contributed by atoms with Gasteiger partial charge in [-0.05, 0) is 30.5 Å². The van der Waals surface area contributed by atoms with Gasteiger partial charge in [0.05, 0.1) is 19.8 Å². The summed E-state index contributed by atoms with van der Waals surface area (Å²) >= 11 is 5.68. The number of carbonyl (C=O) groups excluding carboxylic acids is 1. The van der Waals surface area contributed by atoms with Crippen molar-refractivity contribution in [3.8, 4) is 0 Å². The molecule has 1 heterocycles. The molecule has 0 aliphatic carbocycles. The monoisotopic (exact) mass is 283 g/mol. The highest BCUT2D eigenvalue weighted by Crippen LogP contribution is 2.14. The van der Waals surface area contributed by atoms with Gasteiger partial charge in [0.2, 0.25) is 0 Å². The topological polar surface area (TPSA) is 47.6 Å². The number of aryl methyl sites for hydroxylation is 1. The van der Waals surface area contributed by atoms with Crippen molar-refractivity contribution in [2.45, 2.75) is 18.9 Å². The van der Waals surface area contributed by atoms with Crippen LogP contribution in [0, 0.1) is 0 Å². The molecule has 1 aromatic carbocycles. The van der Waals surface area contributed by atoms with E-state index in [2.05, 4.69) is 5.32 Å². The molecule has 5 heteroatoms. The summed E-state index contributed by atoms with van der Waals surface area (Å²) in [5, 5.41) is 2.85. The first-order valence-corrected chi connectivity index (χ1v) is 6.98. The summed E-state index contributed by atoms with van der Waals surface area (Å²) < 4.78 is 10.6. The predicted octanol–water partition coefficient (Wildman–Crippen LogP) is 2.21. The first kappa shape index (κ1) is 14.3. The zero-order valence-corrected chi connectivity index (χ0v) is 11.5. The molecule has 4 nitrogen and oxygen atoms in total. The first-order valence-electron chi connectivity index (χ1n) is 6.44. The number of alkyl halides is 1. The van der Waals surface area contributed by atoms with Crippen LogP contribution in [0.1, 0.15) is 12.0 Å². The number of halogens is 1. The fourth-order valence-corrected chi connectivity index (χ4v) is 2.07. The highest BCUT2D eigenvalue weighted by atomic mass is 35.5. The van der Waals surface area contributed by atoms with E-state index in [1.54, 1.807) is 0 Å². The van der Waals surface area contributed by atoms with Gasteiger partial charge in [0.1, 0.15) is 0 Å². The lowest BCUT2D eigenvalue weighted by Gasteiger charge is -2.22. The maximum atomic E-state index is 12.0. The van der Waals surface area contributed by atoms with Gasteiger partial charge in [-0.15, -0.1) is 11.6 Å². The van der Waals surface area contributed by atoms with Crippen LogP contribution >= 0.6 is 11.6 Å². The molecule has 1 amide bonds. The highest BCUT2D eigenvalue weighted by Gasteiger charge is 2.22. The molecule has 1 atom stereocenters. The van der Waals surface area contributed by atoms with Gasteiger partial charge < -0.3 is 14.8 Å². The van der Waals surface area contributed by atoms with E-state index < -0.39 is 6.10 Å². The van der Waals surface area contributed by atoms with Gasteiger partial charge in [-0.25, -0.2) is 0 Å². The molecule has 0 aromatic heterocycles. The van der Waals surface area contributed by atoms with Crippen LogP contribution in [0.4, 0.5) is 5.69 Å². The van der Waals surface area contributed by atoms with Crippen LogP contribution in [-0.2, 0) is 20.7 Å². The van der Waals surface area contributed by atoms with Crippen molar-refractivity contribution in [2.24, 2.45) is 0 Å². The van der Waals surface area contributed by atoms with Crippen LogP contribution in [0.15, 0.2) is 24.3 Å². The van der Waals surface area contributed by atoms with Gasteiger partial charge in [-0.1, -0.05) is 12.1 Å². The van der Waals surface area contributed by atoms with Crippen molar-refractivity contribution in [2.75, 3.05) is 31.0 Å². The van der Waals surface area contributed by atoms with Crippen molar-refractivity contribution >= 4 is 23.2 Å². The summed E-state index contributed by atoms with van der Waals surface area (Å²) in [6.45, 7) is 1.34. The molecule has 0 radical (unpaired) electrons. The Morgan fingerprint density at radius 3 is 3.05 bits per heavy atom. The van der Waals surface area contributed by atoms with Gasteiger partial charge in [0.15, 0.2) is 6.10 Å². The van der Waals surface area contributed by atoms with Crippen LogP contribution in [-0.4, -0.2) is 37.7 Å². The largest absolute Gasteiger partial charge is 0.376 e. The molecule has 1 unspecified atom stereocenters. The smallest absolute Gasteiger partial charge is 0.255 e. The van der Waals surface area contributed by atoms with Crippen molar-refractivity contribution in [3.63, 3.8) is 0 Å². The minimum atomic E-state index is -0.514. The zero-order chi connectivity index (χ0) is 13.5. The zero-order valence-electron chi connectivity index (χ0n) is 10.7. The van der Waals surface area contributed by atoms with Gasteiger partial charge in [-0.3, -0.25) is 4.79 Å². The van der Waals surface area contributed by atoms with Crippen molar-refractivity contribution in [3.05, 3.63) is 29.8 Å².